The molecule has 6 heteroatoms. The fraction of sp³-hybridized carbons (Fsp3) is 0.875. The monoisotopic (exact) mass is 311 g/mol. The normalized spacial score (nSPS) is 23.5. The molecule has 22 heavy (non-hydrogen) atoms. The van der Waals surface area contributed by atoms with Gasteiger partial charge in [-0.15, -0.1) is 0 Å². The van der Waals surface area contributed by atoms with Crippen molar-refractivity contribution in [3.8, 4) is 0 Å². The van der Waals surface area contributed by atoms with E-state index in [1.54, 1.807) is 4.90 Å². The number of hydrogen-bond acceptors (Lipinski definition) is 4. The molecule has 0 radical (unpaired) electrons. The van der Waals surface area contributed by atoms with Gasteiger partial charge >= 0.3 is 6.09 Å². The number of amides is 2. The van der Waals surface area contributed by atoms with Crippen LogP contribution in [0, 0.1) is 0 Å². The van der Waals surface area contributed by atoms with Crippen LogP contribution in [0.25, 0.3) is 0 Å². The predicted octanol–water partition coefficient (Wildman–Crippen LogP) is 1.60. The zero-order valence-corrected chi connectivity index (χ0v) is 14.2. The fourth-order valence-electron chi connectivity index (χ4n) is 3.17. The third kappa shape index (κ3) is 4.12. The van der Waals surface area contributed by atoms with Crippen LogP contribution in [0.15, 0.2) is 0 Å². The van der Waals surface area contributed by atoms with Crippen molar-refractivity contribution in [2.24, 2.45) is 0 Å². The largest absolute Gasteiger partial charge is 0.444 e. The topological polar surface area (TPSA) is 61.9 Å². The number of piperidine rings is 1. The Morgan fingerprint density at radius 2 is 1.82 bits per heavy atom. The molecule has 0 saturated carbocycles. The van der Waals surface area contributed by atoms with Crippen molar-refractivity contribution in [3.05, 3.63) is 0 Å². The second-order valence-electron chi connectivity index (χ2n) is 7.26. The summed E-state index contributed by atoms with van der Waals surface area (Å²) in [6, 6.07) is -0.0930. The van der Waals surface area contributed by atoms with Gasteiger partial charge in [-0.2, -0.15) is 0 Å². The Balaban J connectivity index is 1.99. The molecular formula is C16H29N3O3. The molecule has 0 spiro atoms. The zero-order chi connectivity index (χ0) is 16.3. The van der Waals surface area contributed by atoms with Crippen molar-refractivity contribution in [3.63, 3.8) is 0 Å². The summed E-state index contributed by atoms with van der Waals surface area (Å²) in [4.78, 5) is 28.5. The van der Waals surface area contributed by atoms with Crippen LogP contribution >= 0.6 is 0 Å². The Kier molecular flexibility index (Phi) is 5.32. The lowest BCUT2D eigenvalue weighted by Crippen LogP contribution is -2.52. The molecule has 2 aliphatic heterocycles. The van der Waals surface area contributed by atoms with Crippen LogP contribution in [0.4, 0.5) is 4.79 Å². The minimum absolute atomic E-state index is 0.0512. The van der Waals surface area contributed by atoms with E-state index < -0.39 is 5.60 Å². The molecule has 0 aromatic rings. The van der Waals surface area contributed by atoms with Crippen molar-refractivity contribution in [2.45, 2.75) is 64.1 Å². The maximum absolute atomic E-state index is 12.8. The Bertz CT molecular complexity index is 413. The number of hydrogen-bond donors (Lipinski definition) is 1. The molecule has 0 aromatic carbocycles. The third-order valence-corrected chi connectivity index (χ3v) is 4.37. The summed E-state index contributed by atoms with van der Waals surface area (Å²) in [7, 11) is 1.86. The Hall–Kier alpha value is -1.30. The molecule has 2 saturated heterocycles. The smallest absolute Gasteiger partial charge is 0.410 e. The predicted molar refractivity (Wildman–Crippen MR) is 84.6 cm³/mol. The van der Waals surface area contributed by atoms with Crippen LogP contribution in [-0.4, -0.2) is 66.2 Å². The second-order valence-corrected chi connectivity index (χ2v) is 7.26. The standard InChI is InChI=1S/C16H29N3O3/c1-16(2,3)22-15(21)19-11-5-6-13(19)14(20)18(4)12-7-9-17-10-8-12/h12-13,17H,5-11H2,1-4H3/t13-/m1/s1. The Labute approximate surface area is 133 Å². The average Bonchev–Trinajstić information content (AvgIpc) is 2.94. The molecule has 0 bridgehead atoms. The van der Waals surface area contributed by atoms with Gasteiger partial charge in [-0.05, 0) is 59.5 Å². The van der Waals surface area contributed by atoms with Gasteiger partial charge in [-0.3, -0.25) is 9.69 Å². The molecule has 2 rings (SSSR count). The van der Waals surface area contributed by atoms with Crippen molar-refractivity contribution in [1.82, 2.24) is 15.1 Å². The van der Waals surface area contributed by atoms with Crippen molar-refractivity contribution in [1.29, 1.82) is 0 Å². The highest BCUT2D eigenvalue weighted by Crippen LogP contribution is 2.23. The Morgan fingerprint density at radius 1 is 1.18 bits per heavy atom. The molecule has 2 aliphatic rings. The highest BCUT2D eigenvalue weighted by molar-refractivity contribution is 5.86. The van der Waals surface area contributed by atoms with E-state index in [0.717, 1.165) is 38.8 Å². The number of likely N-dealkylation sites (tertiary alicyclic amines) is 1. The summed E-state index contributed by atoms with van der Waals surface area (Å²) >= 11 is 0. The van der Waals surface area contributed by atoms with E-state index in [2.05, 4.69) is 5.32 Å². The first-order valence-corrected chi connectivity index (χ1v) is 8.26. The molecule has 0 aromatic heterocycles. The zero-order valence-electron chi connectivity index (χ0n) is 14.2. The van der Waals surface area contributed by atoms with Gasteiger partial charge in [-0.25, -0.2) is 4.79 Å². The lowest BCUT2D eigenvalue weighted by Gasteiger charge is -2.35. The van der Waals surface area contributed by atoms with Crippen molar-refractivity contribution >= 4 is 12.0 Å². The number of carbonyl (C=O) groups excluding carboxylic acids is 2. The molecule has 126 valence electrons. The lowest BCUT2D eigenvalue weighted by atomic mass is 10.0. The van der Waals surface area contributed by atoms with E-state index in [4.69, 9.17) is 4.74 Å². The molecular weight excluding hydrogens is 282 g/mol. The van der Waals surface area contributed by atoms with E-state index in [1.807, 2.05) is 32.7 Å². The van der Waals surface area contributed by atoms with Gasteiger partial charge in [0.15, 0.2) is 0 Å². The molecule has 2 amide bonds. The summed E-state index contributed by atoms with van der Waals surface area (Å²) in [5, 5.41) is 3.31. The number of likely N-dealkylation sites (N-methyl/N-ethyl adjacent to an activating group) is 1. The fourth-order valence-corrected chi connectivity index (χ4v) is 3.17. The van der Waals surface area contributed by atoms with E-state index in [1.165, 1.54) is 0 Å². The van der Waals surface area contributed by atoms with E-state index >= 15 is 0 Å². The van der Waals surface area contributed by atoms with Gasteiger partial charge in [0, 0.05) is 19.6 Å². The Morgan fingerprint density at radius 3 is 2.41 bits per heavy atom. The van der Waals surface area contributed by atoms with Crippen LogP contribution in [0.1, 0.15) is 46.5 Å². The van der Waals surface area contributed by atoms with Gasteiger partial charge in [0.05, 0.1) is 0 Å². The minimum Gasteiger partial charge on any atom is -0.444 e. The van der Waals surface area contributed by atoms with Gasteiger partial charge < -0.3 is 15.0 Å². The van der Waals surface area contributed by atoms with E-state index in [0.29, 0.717) is 6.54 Å². The number of nitrogens with zero attached hydrogens (tertiary/aromatic N) is 2. The van der Waals surface area contributed by atoms with Crippen molar-refractivity contribution < 1.29 is 14.3 Å². The van der Waals surface area contributed by atoms with Gasteiger partial charge in [0.25, 0.3) is 0 Å². The van der Waals surface area contributed by atoms with Gasteiger partial charge in [0.2, 0.25) is 5.91 Å². The minimum atomic E-state index is -0.534. The molecule has 2 heterocycles. The van der Waals surface area contributed by atoms with E-state index in [-0.39, 0.29) is 24.1 Å². The first-order chi connectivity index (χ1) is 10.3. The molecule has 1 atom stereocenters. The number of carbonyl (C=O) groups is 2. The molecule has 0 unspecified atom stereocenters. The third-order valence-electron chi connectivity index (χ3n) is 4.37. The number of nitrogens with one attached hydrogen (secondary N) is 1. The molecule has 1 N–H and O–H groups in total. The van der Waals surface area contributed by atoms with Crippen LogP contribution in [0.5, 0.6) is 0 Å². The highest BCUT2D eigenvalue weighted by atomic mass is 16.6. The summed E-state index contributed by atoms with van der Waals surface area (Å²) in [6.07, 6.45) is 3.16. The van der Waals surface area contributed by atoms with Crippen LogP contribution < -0.4 is 5.32 Å². The lowest BCUT2D eigenvalue weighted by molar-refractivity contribution is -0.137. The van der Waals surface area contributed by atoms with Crippen molar-refractivity contribution in [2.75, 3.05) is 26.7 Å². The molecule has 0 aliphatic carbocycles. The maximum Gasteiger partial charge on any atom is 0.410 e. The highest BCUT2D eigenvalue weighted by Gasteiger charge is 2.39. The summed E-state index contributed by atoms with van der Waals surface area (Å²) in [5.74, 6) is 0.0512. The quantitative estimate of drug-likeness (QED) is 0.841. The molecule has 6 nitrogen and oxygen atoms in total. The summed E-state index contributed by atoms with van der Waals surface area (Å²) in [6.45, 7) is 8.04. The first kappa shape index (κ1) is 17.1. The number of ether oxygens (including phenoxy) is 1. The maximum atomic E-state index is 12.8. The van der Waals surface area contributed by atoms with E-state index in [9.17, 15) is 9.59 Å². The average molecular weight is 311 g/mol. The van der Waals surface area contributed by atoms with Crippen LogP contribution in [0.3, 0.4) is 0 Å². The van der Waals surface area contributed by atoms with Crippen LogP contribution in [0.2, 0.25) is 0 Å². The van der Waals surface area contributed by atoms with Gasteiger partial charge in [-0.1, -0.05) is 0 Å². The summed E-state index contributed by atoms with van der Waals surface area (Å²) in [5.41, 5.74) is -0.534. The molecule has 2 fully saturated rings. The summed E-state index contributed by atoms with van der Waals surface area (Å²) < 4.78 is 5.43. The number of rotatable bonds is 2. The second kappa shape index (κ2) is 6.86. The SMILES string of the molecule is CN(C(=O)[C@H]1CCCN1C(=O)OC(C)(C)C)C1CCNCC1. The van der Waals surface area contributed by atoms with Gasteiger partial charge in [0.1, 0.15) is 11.6 Å². The first-order valence-electron chi connectivity index (χ1n) is 8.26. The van der Waals surface area contributed by atoms with Crippen LogP contribution in [-0.2, 0) is 9.53 Å².